The molecule has 0 bridgehead atoms. The molecular weight excluding hydrogens is 369 g/mol. The summed E-state index contributed by atoms with van der Waals surface area (Å²) >= 11 is 0. The number of anilines is 2. The summed E-state index contributed by atoms with van der Waals surface area (Å²) in [6.07, 6.45) is -4.25. The number of carbonyl (C=O) groups excluding carboxylic acids is 2. The molecule has 2 atom stereocenters. The van der Waals surface area contributed by atoms with Crippen molar-refractivity contribution in [2.24, 2.45) is 11.8 Å². The third kappa shape index (κ3) is 4.35. The first kappa shape index (κ1) is 19.9. The van der Waals surface area contributed by atoms with Crippen LogP contribution in [0.4, 0.5) is 24.5 Å². The Kier molecular flexibility index (Phi) is 5.45. The van der Waals surface area contributed by atoms with E-state index in [1.54, 1.807) is 6.07 Å². The lowest BCUT2D eigenvalue weighted by Gasteiger charge is -2.14. The number of alkyl halides is 3. The normalized spacial score (nSPS) is 18.6. The maximum Gasteiger partial charge on any atom is 0.418 e. The van der Waals surface area contributed by atoms with Gasteiger partial charge in [-0.3, -0.25) is 9.59 Å². The zero-order chi connectivity index (χ0) is 20.5. The van der Waals surface area contributed by atoms with Gasteiger partial charge in [-0.25, -0.2) is 0 Å². The van der Waals surface area contributed by atoms with Gasteiger partial charge in [-0.15, -0.1) is 0 Å². The van der Waals surface area contributed by atoms with Crippen LogP contribution in [0, 0.1) is 11.8 Å². The zero-order valence-corrected chi connectivity index (χ0v) is 15.5. The van der Waals surface area contributed by atoms with Crippen molar-refractivity contribution >= 4 is 23.2 Å². The predicted octanol–water partition coefficient (Wildman–Crippen LogP) is 5.04. The van der Waals surface area contributed by atoms with Crippen LogP contribution < -0.4 is 10.6 Å². The molecular formula is C21H21F3N2O2. The minimum absolute atomic E-state index is 0.216. The van der Waals surface area contributed by atoms with Gasteiger partial charge in [-0.05, 0) is 36.1 Å². The molecule has 0 aliphatic heterocycles. The van der Waals surface area contributed by atoms with Crippen molar-refractivity contribution in [2.45, 2.75) is 32.4 Å². The van der Waals surface area contributed by atoms with Crippen LogP contribution in [-0.2, 0) is 15.8 Å². The Balaban J connectivity index is 1.65. The van der Waals surface area contributed by atoms with Gasteiger partial charge in [0.15, 0.2) is 0 Å². The maximum absolute atomic E-state index is 13.1. The van der Waals surface area contributed by atoms with Gasteiger partial charge >= 0.3 is 6.18 Å². The highest BCUT2D eigenvalue weighted by Crippen LogP contribution is 2.42. The highest BCUT2D eigenvalue weighted by atomic mass is 19.4. The summed E-state index contributed by atoms with van der Waals surface area (Å²) in [5.74, 6) is -1.83. The van der Waals surface area contributed by atoms with E-state index in [9.17, 15) is 22.8 Å². The van der Waals surface area contributed by atoms with Gasteiger partial charge in [-0.1, -0.05) is 44.2 Å². The lowest BCUT2D eigenvalue weighted by atomic mass is 10.0. The van der Waals surface area contributed by atoms with Crippen LogP contribution >= 0.6 is 0 Å². The van der Waals surface area contributed by atoms with Crippen molar-refractivity contribution in [1.29, 1.82) is 0 Å². The second kappa shape index (κ2) is 7.66. The molecule has 4 nitrogen and oxygen atoms in total. The summed E-state index contributed by atoms with van der Waals surface area (Å²) in [5.41, 5.74) is 0.472. The minimum Gasteiger partial charge on any atom is -0.326 e. The smallest absolute Gasteiger partial charge is 0.326 e. The number of nitrogens with one attached hydrogen (secondary N) is 2. The van der Waals surface area contributed by atoms with E-state index in [1.165, 1.54) is 18.2 Å². The number of halogens is 3. The fourth-order valence-corrected chi connectivity index (χ4v) is 3.18. The van der Waals surface area contributed by atoms with Gasteiger partial charge < -0.3 is 10.6 Å². The molecule has 7 heteroatoms. The zero-order valence-electron chi connectivity index (χ0n) is 15.5. The number of benzene rings is 2. The van der Waals surface area contributed by atoms with E-state index in [1.807, 2.05) is 32.0 Å². The summed E-state index contributed by atoms with van der Waals surface area (Å²) in [7, 11) is 0. The predicted molar refractivity (Wildman–Crippen MR) is 101 cm³/mol. The Hall–Kier alpha value is -2.83. The number of para-hydroxylation sites is 2. The van der Waals surface area contributed by atoms with Crippen LogP contribution in [0.3, 0.4) is 0 Å². The van der Waals surface area contributed by atoms with E-state index in [4.69, 9.17) is 0 Å². The summed E-state index contributed by atoms with van der Waals surface area (Å²) in [6, 6.07) is 12.2. The topological polar surface area (TPSA) is 58.2 Å². The Labute approximate surface area is 161 Å². The van der Waals surface area contributed by atoms with E-state index in [0.29, 0.717) is 12.1 Å². The van der Waals surface area contributed by atoms with Crippen LogP contribution in [0.5, 0.6) is 0 Å². The SMILES string of the molecule is CC(C)c1ccccc1NC(=O)C1CC1C(=O)Nc1ccccc1C(F)(F)F. The van der Waals surface area contributed by atoms with E-state index in [0.717, 1.165) is 11.6 Å². The van der Waals surface area contributed by atoms with Crippen molar-refractivity contribution in [3.63, 3.8) is 0 Å². The third-order valence-corrected chi connectivity index (χ3v) is 4.79. The summed E-state index contributed by atoms with van der Waals surface area (Å²) in [5, 5.41) is 5.16. The molecule has 0 heterocycles. The molecule has 1 fully saturated rings. The quantitative estimate of drug-likeness (QED) is 0.751. The van der Waals surface area contributed by atoms with E-state index < -0.39 is 29.5 Å². The fourth-order valence-electron chi connectivity index (χ4n) is 3.18. The molecule has 1 aliphatic rings. The first-order valence-corrected chi connectivity index (χ1v) is 9.05. The molecule has 2 aromatic carbocycles. The number of carbonyl (C=O) groups is 2. The fraction of sp³-hybridized carbons (Fsp3) is 0.333. The molecule has 1 aliphatic carbocycles. The van der Waals surface area contributed by atoms with Crippen molar-refractivity contribution in [2.75, 3.05) is 10.6 Å². The minimum atomic E-state index is -4.56. The number of hydrogen-bond donors (Lipinski definition) is 2. The number of rotatable bonds is 5. The average Bonchev–Trinajstić information content (AvgIpc) is 3.42. The van der Waals surface area contributed by atoms with Crippen molar-refractivity contribution < 1.29 is 22.8 Å². The van der Waals surface area contributed by atoms with Crippen molar-refractivity contribution in [3.8, 4) is 0 Å². The molecule has 2 aromatic rings. The van der Waals surface area contributed by atoms with E-state index in [-0.39, 0.29) is 17.5 Å². The van der Waals surface area contributed by atoms with Gasteiger partial charge in [0.1, 0.15) is 0 Å². The van der Waals surface area contributed by atoms with E-state index >= 15 is 0 Å². The molecule has 0 spiro atoms. The van der Waals surface area contributed by atoms with Gasteiger partial charge in [-0.2, -0.15) is 13.2 Å². The van der Waals surface area contributed by atoms with Crippen LogP contribution in [0.1, 0.15) is 37.3 Å². The van der Waals surface area contributed by atoms with Crippen LogP contribution in [0.15, 0.2) is 48.5 Å². The van der Waals surface area contributed by atoms with E-state index in [2.05, 4.69) is 10.6 Å². The molecule has 28 heavy (non-hydrogen) atoms. The standard InChI is InChI=1S/C21H21F3N2O2/c1-12(2)13-7-3-5-9-17(13)25-19(27)14-11-15(14)20(28)26-18-10-6-4-8-16(18)21(22,23)24/h3-10,12,14-15H,11H2,1-2H3,(H,25,27)(H,26,28). The second-order valence-electron chi connectivity index (χ2n) is 7.21. The molecule has 3 rings (SSSR count). The molecule has 1 saturated carbocycles. The molecule has 2 unspecified atom stereocenters. The molecule has 2 amide bonds. The lowest BCUT2D eigenvalue weighted by molar-refractivity contribution is -0.137. The Bertz CT molecular complexity index is 893. The monoisotopic (exact) mass is 390 g/mol. The van der Waals surface area contributed by atoms with Gasteiger partial charge in [0.2, 0.25) is 11.8 Å². The highest BCUT2D eigenvalue weighted by molar-refractivity contribution is 6.03. The van der Waals surface area contributed by atoms with Gasteiger partial charge in [0.25, 0.3) is 0 Å². The van der Waals surface area contributed by atoms with Crippen LogP contribution in [0.2, 0.25) is 0 Å². The first-order valence-electron chi connectivity index (χ1n) is 9.05. The Morgan fingerprint density at radius 3 is 1.96 bits per heavy atom. The van der Waals surface area contributed by atoms with Crippen LogP contribution in [-0.4, -0.2) is 11.8 Å². The molecule has 148 valence electrons. The molecule has 2 N–H and O–H groups in total. The van der Waals surface area contributed by atoms with Crippen molar-refractivity contribution in [1.82, 2.24) is 0 Å². The van der Waals surface area contributed by atoms with Crippen LogP contribution in [0.25, 0.3) is 0 Å². The number of amides is 2. The first-order chi connectivity index (χ1) is 13.2. The maximum atomic E-state index is 13.1. The Morgan fingerprint density at radius 2 is 1.39 bits per heavy atom. The molecule has 0 saturated heterocycles. The molecule has 0 aromatic heterocycles. The van der Waals surface area contributed by atoms with Gasteiger partial charge in [0, 0.05) is 5.69 Å². The summed E-state index contributed by atoms with van der Waals surface area (Å²) in [4.78, 5) is 24.8. The Morgan fingerprint density at radius 1 is 0.893 bits per heavy atom. The molecule has 0 radical (unpaired) electrons. The second-order valence-corrected chi connectivity index (χ2v) is 7.21. The number of hydrogen-bond acceptors (Lipinski definition) is 2. The third-order valence-electron chi connectivity index (χ3n) is 4.79. The van der Waals surface area contributed by atoms with Gasteiger partial charge in [0.05, 0.1) is 23.1 Å². The summed E-state index contributed by atoms with van der Waals surface area (Å²) < 4.78 is 39.2. The summed E-state index contributed by atoms with van der Waals surface area (Å²) in [6.45, 7) is 4.02. The largest absolute Gasteiger partial charge is 0.418 e. The van der Waals surface area contributed by atoms with Crippen molar-refractivity contribution in [3.05, 3.63) is 59.7 Å². The lowest BCUT2D eigenvalue weighted by Crippen LogP contribution is -2.22. The average molecular weight is 390 g/mol. The highest BCUT2D eigenvalue weighted by Gasteiger charge is 2.48.